The van der Waals surface area contributed by atoms with Gasteiger partial charge in [-0.3, -0.25) is 0 Å². The number of hydrogen-bond donors (Lipinski definition) is 2. The van der Waals surface area contributed by atoms with E-state index in [1.165, 1.54) is 6.07 Å². The molecule has 0 aromatic heterocycles. The Kier molecular flexibility index (Phi) is 4.24. The quantitative estimate of drug-likeness (QED) is 0.800. The summed E-state index contributed by atoms with van der Waals surface area (Å²) in [5.74, 6) is -0.182. The number of aryl methyl sites for hydroxylation is 1. The van der Waals surface area contributed by atoms with E-state index in [0.717, 1.165) is 5.56 Å². The van der Waals surface area contributed by atoms with Gasteiger partial charge in [-0.2, -0.15) is 0 Å². The molecule has 2 nitrogen and oxygen atoms in total. The number of halogens is 1. The fraction of sp³-hybridized carbons (Fsp3) is 0.500. The van der Waals surface area contributed by atoms with Crippen molar-refractivity contribution in [2.75, 3.05) is 6.54 Å². The second kappa shape index (κ2) is 5.24. The summed E-state index contributed by atoms with van der Waals surface area (Å²) in [5, 5.41) is 12.2. The highest BCUT2D eigenvalue weighted by Crippen LogP contribution is 2.15. The lowest BCUT2D eigenvalue weighted by Gasteiger charge is -2.15. The third-order valence-electron chi connectivity index (χ3n) is 2.42. The van der Waals surface area contributed by atoms with E-state index in [4.69, 9.17) is 5.11 Å². The minimum atomic E-state index is -0.386. The predicted octanol–water partition coefficient (Wildman–Crippen LogP) is 2.17. The maximum atomic E-state index is 13.3. The molecule has 1 aromatic carbocycles. The van der Waals surface area contributed by atoms with E-state index in [0.29, 0.717) is 12.1 Å². The van der Waals surface area contributed by atoms with Gasteiger partial charge < -0.3 is 10.4 Å². The van der Waals surface area contributed by atoms with Gasteiger partial charge in [-0.15, -0.1) is 0 Å². The number of rotatable bonds is 4. The maximum Gasteiger partial charge on any atom is 0.126 e. The molecule has 0 saturated carbocycles. The van der Waals surface area contributed by atoms with Crippen molar-refractivity contribution < 1.29 is 9.50 Å². The summed E-state index contributed by atoms with van der Waals surface area (Å²) in [7, 11) is 0. The van der Waals surface area contributed by atoms with Crippen LogP contribution >= 0.6 is 0 Å². The Labute approximate surface area is 90.1 Å². The molecule has 0 aliphatic carbocycles. The van der Waals surface area contributed by atoms with Crippen LogP contribution in [0, 0.1) is 12.7 Å². The lowest BCUT2D eigenvalue weighted by Crippen LogP contribution is -2.27. The van der Waals surface area contributed by atoms with Crippen LogP contribution in [0.4, 0.5) is 4.39 Å². The Morgan fingerprint density at radius 2 is 2.07 bits per heavy atom. The Balaban J connectivity index is 2.65. The monoisotopic (exact) mass is 211 g/mol. The van der Waals surface area contributed by atoms with Gasteiger partial charge in [0.05, 0.1) is 6.10 Å². The average molecular weight is 211 g/mol. The first-order valence-electron chi connectivity index (χ1n) is 5.18. The third-order valence-corrected chi connectivity index (χ3v) is 2.42. The van der Waals surface area contributed by atoms with Gasteiger partial charge >= 0.3 is 0 Å². The van der Waals surface area contributed by atoms with Crippen molar-refractivity contribution in [3.05, 3.63) is 35.1 Å². The molecule has 0 aliphatic heterocycles. The Hall–Kier alpha value is -0.930. The molecule has 2 atom stereocenters. The van der Waals surface area contributed by atoms with Gasteiger partial charge in [0.2, 0.25) is 0 Å². The van der Waals surface area contributed by atoms with Gasteiger partial charge in [0.1, 0.15) is 5.82 Å². The summed E-state index contributed by atoms with van der Waals surface area (Å²) in [4.78, 5) is 0. The van der Waals surface area contributed by atoms with Crippen LogP contribution in [0.3, 0.4) is 0 Å². The van der Waals surface area contributed by atoms with Crippen molar-refractivity contribution in [3.8, 4) is 0 Å². The molecule has 0 amide bonds. The fourth-order valence-electron chi connectivity index (χ4n) is 1.34. The number of nitrogens with one attached hydrogen (secondary N) is 1. The van der Waals surface area contributed by atoms with Gasteiger partial charge in [-0.25, -0.2) is 4.39 Å². The Bertz CT molecular complexity index is 325. The second-order valence-corrected chi connectivity index (χ2v) is 3.99. The van der Waals surface area contributed by atoms with Crippen molar-refractivity contribution in [1.29, 1.82) is 0 Å². The van der Waals surface area contributed by atoms with Crippen LogP contribution < -0.4 is 5.32 Å². The molecule has 15 heavy (non-hydrogen) atoms. The molecule has 3 heteroatoms. The Morgan fingerprint density at radius 1 is 1.40 bits per heavy atom. The van der Waals surface area contributed by atoms with Gasteiger partial charge in [0.15, 0.2) is 0 Å². The van der Waals surface area contributed by atoms with E-state index < -0.39 is 0 Å². The number of aliphatic hydroxyl groups is 1. The number of aliphatic hydroxyl groups excluding tert-OH is 1. The molecule has 0 spiro atoms. The average Bonchev–Trinajstić information content (AvgIpc) is 2.18. The van der Waals surface area contributed by atoms with Crippen molar-refractivity contribution in [1.82, 2.24) is 5.32 Å². The molecular weight excluding hydrogens is 193 g/mol. The van der Waals surface area contributed by atoms with Gasteiger partial charge in [-0.05, 0) is 38.0 Å². The zero-order valence-electron chi connectivity index (χ0n) is 9.42. The highest BCUT2D eigenvalue weighted by Gasteiger charge is 2.07. The van der Waals surface area contributed by atoms with Crippen LogP contribution in [0.25, 0.3) is 0 Å². The summed E-state index contributed by atoms with van der Waals surface area (Å²) in [6.07, 6.45) is -0.386. The molecule has 1 rings (SSSR count). The normalized spacial score (nSPS) is 15.0. The van der Waals surface area contributed by atoms with Crippen LogP contribution in [-0.4, -0.2) is 17.8 Å². The van der Waals surface area contributed by atoms with E-state index in [9.17, 15) is 4.39 Å². The first kappa shape index (κ1) is 12.1. The molecule has 0 radical (unpaired) electrons. The molecular formula is C12H18FNO. The molecule has 0 saturated heterocycles. The molecule has 0 bridgehead atoms. The summed E-state index contributed by atoms with van der Waals surface area (Å²) >= 11 is 0. The summed E-state index contributed by atoms with van der Waals surface area (Å²) < 4.78 is 13.3. The standard InChI is InChI=1S/C12H18FNO/c1-8-4-5-11(6-12(8)13)10(3)14-7-9(2)15/h4-6,9-10,14-15H,7H2,1-3H3/t9-,10?/m0/s1. The van der Waals surface area contributed by atoms with E-state index in [1.807, 2.05) is 13.0 Å². The zero-order valence-corrected chi connectivity index (χ0v) is 9.42. The smallest absolute Gasteiger partial charge is 0.126 e. The fourth-order valence-corrected chi connectivity index (χ4v) is 1.34. The second-order valence-electron chi connectivity index (χ2n) is 3.99. The summed E-state index contributed by atoms with van der Waals surface area (Å²) in [6, 6.07) is 5.26. The van der Waals surface area contributed by atoms with E-state index in [1.54, 1.807) is 19.9 Å². The molecule has 1 unspecified atom stereocenters. The van der Waals surface area contributed by atoms with E-state index in [2.05, 4.69) is 5.32 Å². The predicted molar refractivity (Wildman–Crippen MR) is 59.2 cm³/mol. The van der Waals surface area contributed by atoms with Gasteiger partial charge in [0.25, 0.3) is 0 Å². The van der Waals surface area contributed by atoms with Crippen molar-refractivity contribution in [2.45, 2.75) is 32.9 Å². The molecule has 2 N–H and O–H groups in total. The van der Waals surface area contributed by atoms with E-state index in [-0.39, 0.29) is 18.0 Å². The molecule has 0 aliphatic rings. The van der Waals surface area contributed by atoms with Crippen molar-refractivity contribution >= 4 is 0 Å². The highest BCUT2D eigenvalue weighted by atomic mass is 19.1. The maximum absolute atomic E-state index is 13.3. The molecule has 1 aromatic rings. The minimum absolute atomic E-state index is 0.0506. The molecule has 0 fully saturated rings. The van der Waals surface area contributed by atoms with Crippen LogP contribution in [0.5, 0.6) is 0 Å². The third kappa shape index (κ3) is 3.61. The number of benzene rings is 1. The van der Waals surface area contributed by atoms with Crippen LogP contribution in [0.2, 0.25) is 0 Å². The minimum Gasteiger partial charge on any atom is -0.392 e. The highest BCUT2D eigenvalue weighted by molar-refractivity contribution is 5.25. The largest absolute Gasteiger partial charge is 0.392 e. The summed E-state index contributed by atoms with van der Waals surface area (Å²) in [6.45, 7) is 5.92. The Morgan fingerprint density at radius 3 is 2.60 bits per heavy atom. The summed E-state index contributed by atoms with van der Waals surface area (Å²) in [5.41, 5.74) is 1.56. The lowest BCUT2D eigenvalue weighted by molar-refractivity contribution is 0.187. The lowest BCUT2D eigenvalue weighted by atomic mass is 10.1. The first-order chi connectivity index (χ1) is 7.00. The van der Waals surface area contributed by atoms with Gasteiger partial charge in [0, 0.05) is 12.6 Å². The molecule has 84 valence electrons. The van der Waals surface area contributed by atoms with Crippen LogP contribution in [0.15, 0.2) is 18.2 Å². The van der Waals surface area contributed by atoms with Gasteiger partial charge in [-0.1, -0.05) is 12.1 Å². The SMILES string of the molecule is Cc1ccc(C(C)NC[C@H](C)O)cc1F. The zero-order chi connectivity index (χ0) is 11.4. The van der Waals surface area contributed by atoms with Crippen molar-refractivity contribution in [2.24, 2.45) is 0 Å². The first-order valence-corrected chi connectivity index (χ1v) is 5.18. The topological polar surface area (TPSA) is 32.3 Å². The van der Waals surface area contributed by atoms with Crippen molar-refractivity contribution in [3.63, 3.8) is 0 Å². The van der Waals surface area contributed by atoms with Crippen LogP contribution in [-0.2, 0) is 0 Å². The van der Waals surface area contributed by atoms with E-state index >= 15 is 0 Å². The van der Waals surface area contributed by atoms with Crippen LogP contribution in [0.1, 0.15) is 31.0 Å². The number of hydrogen-bond acceptors (Lipinski definition) is 2. The molecule has 0 heterocycles.